The predicted octanol–water partition coefficient (Wildman–Crippen LogP) is 4.34. The molecule has 0 bridgehead atoms. The molecule has 2 atom stereocenters. The molecule has 1 fully saturated rings. The van der Waals surface area contributed by atoms with Gasteiger partial charge in [-0.15, -0.1) is 0 Å². The van der Waals surface area contributed by atoms with Crippen LogP contribution in [0.5, 0.6) is 0 Å². The lowest BCUT2D eigenvalue weighted by molar-refractivity contribution is -0.134. The van der Waals surface area contributed by atoms with Crippen LogP contribution in [0.2, 0.25) is 5.02 Å². The van der Waals surface area contributed by atoms with Gasteiger partial charge in [0.05, 0.1) is 12.2 Å². The smallest absolute Gasteiger partial charge is 0.234 e. The van der Waals surface area contributed by atoms with Crippen LogP contribution in [0.25, 0.3) is 0 Å². The van der Waals surface area contributed by atoms with E-state index in [9.17, 15) is 9.18 Å². The Kier molecular flexibility index (Phi) is 5.43. The van der Waals surface area contributed by atoms with Crippen LogP contribution < -0.4 is 4.90 Å². The van der Waals surface area contributed by atoms with Crippen molar-refractivity contribution in [2.75, 3.05) is 31.1 Å². The van der Waals surface area contributed by atoms with E-state index >= 15 is 0 Å². The quantitative estimate of drug-likeness (QED) is 0.595. The van der Waals surface area contributed by atoms with Crippen molar-refractivity contribution in [3.8, 4) is 0 Å². The minimum absolute atomic E-state index is 0.0473. The van der Waals surface area contributed by atoms with Crippen LogP contribution in [0.3, 0.4) is 0 Å². The molecule has 5 rings (SSSR count). The normalized spacial score (nSPS) is 20.7. The summed E-state index contributed by atoms with van der Waals surface area (Å²) in [5.74, 6) is 0.0977. The Morgan fingerprint density at radius 2 is 1.69 bits per heavy atom. The molecule has 0 N–H and O–H groups in total. The molecule has 0 radical (unpaired) electrons. The van der Waals surface area contributed by atoms with E-state index in [0.717, 1.165) is 22.8 Å². The molecule has 2 unspecified atom stereocenters. The molecule has 8 heteroatoms. The molecule has 6 nitrogen and oxygen atoms in total. The molecule has 0 spiro atoms. The number of aliphatic imine (C=N–C) groups is 1. The number of aromatic nitrogens is 2. The van der Waals surface area contributed by atoms with Gasteiger partial charge in [-0.05, 0) is 48.9 Å². The summed E-state index contributed by atoms with van der Waals surface area (Å²) in [6.45, 7) is 4.49. The molecule has 2 aromatic carbocycles. The first-order valence-corrected chi connectivity index (χ1v) is 11.0. The van der Waals surface area contributed by atoms with E-state index < -0.39 is 5.92 Å². The predicted molar refractivity (Wildman–Crippen MR) is 123 cm³/mol. The number of hydrogen-bond acceptors (Lipinski definition) is 4. The molecule has 2 aliphatic heterocycles. The van der Waals surface area contributed by atoms with Crippen LogP contribution in [0, 0.1) is 11.7 Å². The van der Waals surface area contributed by atoms with E-state index in [1.807, 2.05) is 46.8 Å². The van der Waals surface area contributed by atoms with Crippen molar-refractivity contribution >= 4 is 34.7 Å². The zero-order chi connectivity index (χ0) is 22.2. The Bertz CT molecular complexity index is 1150. The number of carbonyl (C=O) groups excluding carboxylic acids is 1. The van der Waals surface area contributed by atoms with Crippen LogP contribution in [0.4, 0.5) is 15.9 Å². The maximum absolute atomic E-state index is 13.7. The van der Waals surface area contributed by atoms with E-state index in [2.05, 4.69) is 15.0 Å². The van der Waals surface area contributed by atoms with Crippen molar-refractivity contribution in [1.29, 1.82) is 0 Å². The lowest BCUT2D eigenvalue weighted by Gasteiger charge is -2.40. The molecule has 164 valence electrons. The molecule has 1 amide bonds. The van der Waals surface area contributed by atoms with Crippen molar-refractivity contribution in [3.63, 3.8) is 0 Å². The minimum atomic E-state index is -0.444. The summed E-state index contributed by atoms with van der Waals surface area (Å²) in [6.07, 6.45) is 1.71. The van der Waals surface area contributed by atoms with Crippen molar-refractivity contribution in [3.05, 3.63) is 77.2 Å². The molecule has 2 aliphatic rings. The van der Waals surface area contributed by atoms with Gasteiger partial charge < -0.3 is 9.80 Å². The summed E-state index contributed by atoms with van der Waals surface area (Å²) in [7, 11) is 0. The highest BCUT2D eigenvalue weighted by Gasteiger charge is 2.40. The van der Waals surface area contributed by atoms with E-state index in [1.165, 1.54) is 12.1 Å². The van der Waals surface area contributed by atoms with Gasteiger partial charge in [0, 0.05) is 48.7 Å². The molecule has 1 aromatic heterocycles. The highest BCUT2D eigenvalue weighted by Crippen LogP contribution is 2.37. The highest BCUT2D eigenvalue weighted by atomic mass is 35.5. The number of rotatable bonds is 3. The number of carbonyl (C=O) groups is 1. The summed E-state index contributed by atoms with van der Waals surface area (Å²) in [6, 6.07) is 15.6. The summed E-state index contributed by atoms with van der Waals surface area (Å²) in [4.78, 5) is 22.5. The van der Waals surface area contributed by atoms with E-state index in [-0.39, 0.29) is 17.8 Å². The van der Waals surface area contributed by atoms with Crippen LogP contribution in [-0.2, 0) is 4.79 Å². The molecule has 0 aliphatic carbocycles. The summed E-state index contributed by atoms with van der Waals surface area (Å²) in [5, 5.41) is 5.12. The first-order valence-electron chi connectivity index (χ1n) is 10.6. The van der Waals surface area contributed by atoms with Gasteiger partial charge in [0.25, 0.3) is 0 Å². The molecular formula is C24H23ClFN5O. The molecule has 0 saturated carbocycles. The Morgan fingerprint density at radius 1 is 1.00 bits per heavy atom. The Labute approximate surface area is 190 Å². The Hall–Kier alpha value is -3.19. The third-order valence-electron chi connectivity index (χ3n) is 6.23. The SMILES string of the molecule is CC1=Nc2ccnn2C(c2ccc(Cl)cc2)C1C(=O)N1CCN(c2ccc(F)cc2)CC1. The Morgan fingerprint density at radius 3 is 2.38 bits per heavy atom. The minimum Gasteiger partial charge on any atom is -0.368 e. The van der Waals surface area contributed by atoms with Gasteiger partial charge in [0.1, 0.15) is 11.7 Å². The number of amides is 1. The average Bonchev–Trinajstić information content (AvgIpc) is 3.27. The fourth-order valence-corrected chi connectivity index (χ4v) is 4.70. The largest absolute Gasteiger partial charge is 0.368 e. The number of benzene rings is 2. The van der Waals surface area contributed by atoms with E-state index in [1.54, 1.807) is 18.3 Å². The Balaban J connectivity index is 1.39. The summed E-state index contributed by atoms with van der Waals surface area (Å²) in [5.41, 5.74) is 2.72. The average molecular weight is 452 g/mol. The fourth-order valence-electron chi connectivity index (χ4n) is 4.57. The van der Waals surface area contributed by atoms with Gasteiger partial charge in [-0.25, -0.2) is 14.1 Å². The number of fused-ring (bicyclic) bond motifs is 1. The number of hydrogen-bond donors (Lipinski definition) is 0. The van der Waals surface area contributed by atoms with Crippen LogP contribution in [-0.4, -0.2) is 52.5 Å². The van der Waals surface area contributed by atoms with Gasteiger partial charge in [0.2, 0.25) is 5.91 Å². The first kappa shape index (κ1) is 20.7. The summed E-state index contributed by atoms with van der Waals surface area (Å²) >= 11 is 6.11. The standard InChI is InChI=1S/C24H23ClFN5O/c1-16-22(23(17-2-4-18(25)5-3-17)31-21(28-16)10-11-27-31)24(32)30-14-12-29(13-15-30)20-8-6-19(26)7-9-20/h2-11,22-23H,12-15H2,1H3. The van der Waals surface area contributed by atoms with Crippen LogP contribution in [0.1, 0.15) is 18.5 Å². The molecule has 3 aromatic rings. The monoisotopic (exact) mass is 451 g/mol. The van der Waals surface area contributed by atoms with E-state index in [0.29, 0.717) is 31.2 Å². The van der Waals surface area contributed by atoms with E-state index in [4.69, 9.17) is 11.6 Å². The zero-order valence-electron chi connectivity index (χ0n) is 17.7. The van der Waals surface area contributed by atoms with Crippen molar-refractivity contribution in [1.82, 2.24) is 14.7 Å². The third kappa shape index (κ3) is 3.77. The number of piperazine rings is 1. The lowest BCUT2D eigenvalue weighted by atomic mass is 9.87. The van der Waals surface area contributed by atoms with Gasteiger partial charge in [-0.1, -0.05) is 23.7 Å². The van der Waals surface area contributed by atoms with Crippen LogP contribution >= 0.6 is 11.6 Å². The maximum atomic E-state index is 13.7. The molecular weight excluding hydrogens is 429 g/mol. The molecule has 32 heavy (non-hydrogen) atoms. The fraction of sp³-hybridized carbons (Fsp3) is 0.292. The van der Waals surface area contributed by atoms with Crippen molar-refractivity contribution < 1.29 is 9.18 Å². The molecule has 3 heterocycles. The van der Waals surface area contributed by atoms with Gasteiger partial charge in [0.15, 0.2) is 5.82 Å². The number of halogens is 2. The van der Waals surface area contributed by atoms with Crippen molar-refractivity contribution in [2.24, 2.45) is 10.9 Å². The highest BCUT2D eigenvalue weighted by molar-refractivity contribution is 6.30. The second kappa shape index (κ2) is 8.39. The van der Waals surface area contributed by atoms with Crippen LogP contribution in [0.15, 0.2) is 65.8 Å². The molecule has 1 saturated heterocycles. The second-order valence-corrected chi connectivity index (χ2v) is 8.59. The third-order valence-corrected chi connectivity index (χ3v) is 6.48. The number of nitrogens with zero attached hydrogens (tertiary/aromatic N) is 5. The topological polar surface area (TPSA) is 53.7 Å². The summed E-state index contributed by atoms with van der Waals surface area (Å²) < 4.78 is 15.1. The number of anilines is 1. The van der Waals surface area contributed by atoms with Gasteiger partial charge in [-0.2, -0.15) is 5.10 Å². The second-order valence-electron chi connectivity index (χ2n) is 8.15. The first-order chi connectivity index (χ1) is 15.5. The van der Waals surface area contributed by atoms with Crippen molar-refractivity contribution in [2.45, 2.75) is 13.0 Å². The maximum Gasteiger partial charge on any atom is 0.234 e. The van der Waals surface area contributed by atoms with Gasteiger partial charge in [-0.3, -0.25) is 4.79 Å². The van der Waals surface area contributed by atoms with Gasteiger partial charge >= 0.3 is 0 Å². The zero-order valence-corrected chi connectivity index (χ0v) is 18.4. The lowest BCUT2D eigenvalue weighted by Crippen LogP contribution is -2.53.